The largest absolute Gasteiger partial charge is 0.493 e. The van der Waals surface area contributed by atoms with Crippen LogP contribution in [0.5, 0.6) is 17.2 Å². The van der Waals surface area contributed by atoms with Gasteiger partial charge < -0.3 is 23.7 Å². The first-order valence-electron chi connectivity index (χ1n) is 11.3. The average Bonchev–Trinajstić information content (AvgIpc) is 2.75. The van der Waals surface area contributed by atoms with Gasteiger partial charge in [-0.1, -0.05) is 32.9 Å². The molecule has 0 amide bonds. The van der Waals surface area contributed by atoms with E-state index in [1.807, 2.05) is 0 Å². The first kappa shape index (κ1) is 22.7. The molecular formula is C26H34O6. The van der Waals surface area contributed by atoms with Gasteiger partial charge in [0.25, 0.3) is 0 Å². The van der Waals surface area contributed by atoms with E-state index in [1.54, 1.807) is 19.2 Å². The highest BCUT2D eigenvalue weighted by atomic mass is 16.5. The normalized spacial score (nSPS) is 29.4. The van der Waals surface area contributed by atoms with Gasteiger partial charge in [0.2, 0.25) is 11.5 Å². The minimum atomic E-state index is -0.453. The van der Waals surface area contributed by atoms with Gasteiger partial charge in [-0.3, -0.25) is 0 Å². The lowest BCUT2D eigenvalue weighted by atomic mass is 9.47. The predicted molar refractivity (Wildman–Crippen MR) is 124 cm³/mol. The molecule has 4 atom stereocenters. The van der Waals surface area contributed by atoms with Gasteiger partial charge in [-0.15, -0.1) is 0 Å². The molecule has 2 saturated carbocycles. The highest BCUT2D eigenvalue weighted by Crippen LogP contribution is 2.61. The maximum Gasteiger partial charge on any atom is 0.336 e. The molecule has 2 fully saturated rings. The SMILES string of the molecule is C=C1CC[C@H]2C(C)(C)[C@H](O)CC[C@]2(C)[C@@H]1COc1c(OC)cc2ccc(=O)oc2c1OC. The molecule has 0 saturated heterocycles. The molecule has 0 spiro atoms. The van der Waals surface area contributed by atoms with E-state index < -0.39 is 5.63 Å². The van der Waals surface area contributed by atoms with E-state index in [0.717, 1.165) is 25.7 Å². The Morgan fingerprint density at radius 1 is 1.16 bits per heavy atom. The molecule has 1 heterocycles. The van der Waals surface area contributed by atoms with Gasteiger partial charge in [0.1, 0.15) is 0 Å². The second kappa shape index (κ2) is 8.14. The van der Waals surface area contributed by atoms with Crippen molar-refractivity contribution in [1.82, 2.24) is 0 Å². The van der Waals surface area contributed by atoms with E-state index in [4.69, 9.17) is 18.6 Å². The summed E-state index contributed by atoms with van der Waals surface area (Å²) in [6.07, 6.45) is 3.36. The van der Waals surface area contributed by atoms with Gasteiger partial charge in [-0.2, -0.15) is 0 Å². The van der Waals surface area contributed by atoms with Crippen LogP contribution in [-0.2, 0) is 0 Å². The molecule has 1 N–H and O–H groups in total. The summed E-state index contributed by atoms with van der Waals surface area (Å²) < 4.78 is 23.0. The van der Waals surface area contributed by atoms with Crippen molar-refractivity contribution < 1.29 is 23.7 Å². The van der Waals surface area contributed by atoms with Crippen LogP contribution in [0.15, 0.2) is 39.6 Å². The van der Waals surface area contributed by atoms with Gasteiger partial charge in [0.05, 0.1) is 26.9 Å². The quantitative estimate of drug-likeness (QED) is 0.521. The van der Waals surface area contributed by atoms with E-state index in [-0.39, 0.29) is 22.9 Å². The Kier molecular flexibility index (Phi) is 5.78. The van der Waals surface area contributed by atoms with Crippen molar-refractivity contribution in [2.45, 2.75) is 52.6 Å². The predicted octanol–water partition coefficient (Wildman–Crippen LogP) is 4.96. The molecule has 6 nitrogen and oxygen atoms in total. The number of rotatable bonds is 5. The molecule has 2 aliphatic carbocycles. The minimum Gasteiger partial charge on any atom is -0.493 e. The molecule has 0 unspecified atom stereocenters. The number of aliphatic hydroxyl groups excluding tert-OH is 1. The Balaban J connectivity index is 1.71. The van der Waals surface area contributed by atoms with Crippen LogP contribution in [-0.4, -0.2) is 32.0 Å². The summed E-state index contributed by atoms with van der Waals surface area (Å²) in [5, 5.41) is 11.4. The maximum absolute atomic E-state index is 11.8. The molecule has 4 rings (SSSR count). The lowest BCUT2D eigenvalue weighted by molar-refractivity contribution is -0.128. The number of hydrogen-bond donors (Lipinski definition) is 1. The van der Waals surface area contributed by atoms with Crippen molar-refractivity contribution >= 4 is 11.0 Å². The van der Waals surface area contributed by atoms with Crippen molar-refractivity contribution in [3.05, 3.63) is 40.8 Å². The van der Waals surface area contributed by atoms with E-state index in [0.29, 0.717) is 40.7 Å². The second-order valence-corrected chi connectivity index (χ2v) is 10.1. The molecule has 2 aromatic rings. The topological polar surface area (TPSA) is 78.1 Å². The molecule has 32 heavy (non-hydrogen) atoms. The third-order valence-corrected chi connectivity index (χ3v) is 8.16. The Morgan fingerprint density at radius 3 is 2.59 bits per heavy atom. The first-order chi connectivity index (χ1) is 15.1. The van der Waals surface area contributed by atoms with Gasteiger partial charge >= 0.3 is 5.63 Å². The van der Waals surface area contributed by atoms with Crippen LogP contribution in [0.1, 0.15) is 46.5 Å². The molecular weight excluding hydrogens is 408 g/mol. The Labute approximate surface area is 189 Å². The summed E-state index contributed by atoms with van der Waals surface area (Å²) in [4.78, 5) is 11.8. The summed E-state index contributed by atoms with van der Waals surface area (Å²) in [6, 6.07) is 4.84. The fraction of sp³-hybridized carbons (Fsp3) is 0.577. The Morgan fingerprint density at radius 2 is 1.91 bits per heavy atom. The molecule has 0 radical (unpaired) electrons. The molecule has 1 aromatic carbocycles. The molecule has 174 valence electrons. The van der Waals surface area contributed by atoms with Gasteiger partial charge in [-0.05, 0) is 54.6 Å². The van der Waals surface area contributed by atoms with Crippen molar-refractivity contribution in [3.8, 4) is 17.2 Å². The zero-order valence-corrected chi connectivity index (χ0v) is 19.7. The lowest BCUT2D eigenvalue weighted by Crippen LogP contribution is -2.55. The van der Waals surface area contributed by atoms with Gasteiger partial charge in [-0.25, -0.2) is 4.79 Å². The summed E-state index contributed by atoms with van der Waals surface area (Å²) in [5.41, 5.74) is 0.881. The standard InChI is InChI=1S/C26H34O6/c1-15-7-9-19-25(2,3)20(27)11-12-26(19,4)17(15)14-31-23-18(29-5)13-16-8-10-21(28)32-22(16)24(23)30-6/h8,10,13,17,19-20,27H,1,7,9,11-12,14H2,2-6H3/t17-,19+,20-,26-/m1/s1. The van der Waals surface area contributed by atoms with E-state index >= 15 is 0 Å². The van der Waals surface area contributed by atoms with E-state index in [1.165, 1.54) is 18.7 Å². The Bertz CT molecular complexity index is 1080. The highest BCUT2D eigenvalue weighted by molar-refractivity contribution is 5.88. The zero-order valence-electron chi connectivity index (χ0n) is 19.7. The number of hydrogen-bond acceptors (Lipinski definition) is 6. The molecule has 2 aliphatic rings. The number of aliphatic hydroxyl groups is 1. The van der Waals surface area contributed by atoms with Crippen LogP contribution in [0.2, 0.25) is 0 Å². The Hall–Kier alpha value is -2.47. The summed E-state index contributed by atoms with van der Waals surface area (Å²) in [7, 11) is 3.10. The fourth-order valence-corrected chi connectivity index (χ4v) is 6.25. The minimum absolute atomic E-state index is 0.0258. The van der Waals surface area contributed by atoms with Crippen molar-refractivity contribution in [2.75, 3.05) is 20.8 Å². The first-order valence-corrected chi connectivity index (χ1v) is 11.3. The number of benzene rings is 1. The summed E-state index contributed by atoms with van der Waals surface area (Å²) in [5.74, 6) is 1.79. The number of methoxy groups -OCH3 is 2. The average molecular weight is 443 g/mol. The van der Waals surface area contributed by atoms with Crippen molar-refractivity contribution in [1.29, 1.82) is 0 Å². The third kappa shape index (κ3) is 3.49. The highest BCUT2D eigenvalue weighted by Gasteiger charge is 2.56. The third-order valence-electron chi connectivity index (χ3n) is 8.16. The van der Waals surface area contributed by atoms with Crippen molar-refractivity contribution in [3.63, 3.8) is 0 Å². The summed E-state index contributed by atoms with van der Waals surface area (Å²) in [6.45, 7) is 11.5. The molecule has 6 heteroatoms. The zero-order chi connectivity index (χ0) is 23.3. The van der Waals surface area contributed by atoms with Crippen LogP contribution >= 0.6 is 0 Å². The van der Waals surface area contributed by atoms with E-state index in [2.05, 4.69) is 27.4 Å². The monoisotopic (exact) mass is 442 g/mol. The summed E-state index contributed by atoms with van der Waals surface area (Å²) >= 11 is 0. The van der Waals surface area contributed by atoms with Gasteiger partial charge in [0.15, 0.2) is 11.3 Å². The molecule has 0 bridgehead atoms. The van der Waals surface area contributed by atoms with Crippen LogP contribution in [0.25, 0.3) is 11.0 Å². The van der Waals surface area contributed by atoms with Crippen LogP contribution < -0.4 is 19.8 Å². The van der Waals surface area contributed by atoms with Crippen molar-refractivity contribution in [2.24, 2.45) is 22.7 Å². The van der Waals surface area contributed by atoms with Crippen LogP contribution in [0.3, 0.4) is 0 Å². The smallest absolute Gasteiger partial charge is 0.336 e. The second-order valence-electron chi connectivity index (χ2n) is 10.1. The molecule has 1 aromatic heterocycles. The lowest BCUT2D eigenvalue weighted by Gasteiger charge is -2.59. The molecule has 0 aliphatic heterocycles. The maximum atomic E-state index is 11.8. The van der Waals surface area contributed by atoms with Crippen LogP contribution in [0, 0.1) is 22.7 Å². The number of fused-ring (bicyclic) bond motifs is 2. The van der Waals surface area contributed by atoms with E-state index in [9.17, 15) is 9.90 Å². The fourth-order valence-electron chi connectivity index (χ4n) is 6.25. The number of ether oxygens (including phenoxy) is 3. The van der Waals surface area contributed by atoms with Crippen LogP contribution in [0.4, 0.5) is 0 Å². The van der Waals surface area contributed by atoms with Gasteiger partial charge in [0, 0.05) is 17.4 Å².